The third-order valence-corrected chi connectivity index (χ3v) is 5.26. The summed E-state index contributed by atoms with van der Waals surface area (Å²) in [6, 6.07) is 10.8. The second kappa shape index (κ2) is 9.64. The average Bonchev–Trinajstić information content (AvgIpc) is 3.36. The van der Waals surface area contributed by atoms with Gasteiger partial charge in [0, 0.05) is 30.3 Å². The highest BCUT2D eigenvalue weighted by atomic mass is 32.1. The Morgan fingerprint density at radius 3 is 2.74 bits per heavy atom. The Morgan fingerprint density at radius 2 is 2.11 bits per heavy atom. The molecule has 1 aromatic heterocycles. The molecule has 144 valence electrons. The van der Waals surface area contributed by atoms with E-state index in [-0.39, 0.29) is 18.6 Å². The molecule has 2 aromatic rings. The fourth-order valence-electron chi connectivity index (χ4n) is 3.10. The lowest BCUT2D eigenvalue weighted by molar-refractivity contribution is -0.117. The van der Waals surface area contributed by atoms with Crippen LogP contribution in [0.2, 0.25) is 0 Å². The van der Waals surface area contributed by atoms with Gasteiger partial charge in [-0.15, -0.1) is 11.3 Å². The van der Waals surface area contributed by atoms with E-state index in [0.29, 0.717) is 11.3 Å². The molecule has 1 atom stereocenters. The van der Waals surface area contributed by atoms with Crippen molar-refractivity contribution in [3.05, 3.63) is 52.2 Å². The van der Waals surface area contributed by atoms with E-state index >= 15 is 0 Å². The Kier molecular flexibility index (Phi) is 6.98. The van der Waals surface area contributed by atoms with Crippen LogP contribution < -0.4 is 5.32 Å². The first-order valence-electron chi connectivity index (χ1n) is 8.98. The van der Waals surface area contributed by atoms with E-state index in [4.69, 9.17) is 4.74 Å². The molecule has 0 unspecified atom stereocenters. The molecule has 1 saturated heterocycles. The molecule has 7 heteroatoms. The minimum absolute atomic E-state index is 0.0876. The Bertz CT molecular complexity index is 740. The summed E-state index contributed by atoms with van der Waals surface area (Å²) in [6.07, 6.45) is 2.31. The monoisotopic (exact) mass is 388 g/mol. The number of hydrogen-bond donors (Lipinski definition) is 1. The van der Waals surface area contributed by atoms with Crippen LogP contribution in [0.15, 0.2) is 41.8 Å². The molecule has 1 N–H and O–H groups in total. The van der Waals surface area contributed by atoms with Gasteiger partial charge in [0.2, 0.25) is 5.91 Å². The van der Waals surface area contributed by atoms with Crippen molar-refractivity contribution in [3.63, 3.8) is 0 Å². The number of hydrogen-bond acceptors (Lipinski definition) is 6. The van der Waals surface area contributed by atoms with Gasteiger partial charge in [-0.25, -0.2) is 4.79 Å². The Labute approximate surface area is 163 Å². The highest BCUT2D eigenvalue weighted by Crippen LogP contribution is 2.17. The molecule has 0 aliphatic carbocycles. The SMILES string of the molecule is COC(=O)c1ccc(NC(=O)CN(Cc2cccs2)C[C@@H]2CCCO2)cc1. The number of carbonyl (C=O) groups excluding carboxylic acids is 2. The van der Waals surface area contributed by atoms with Crippen LogP contribution in [0.3, 0.4) is 0 Å². The van der Waals surface area contributed by atoms with E-state index < -0.39 is 5.97 Å². The van der Waals surface area contributed by atoms with Crippen molar-refractivity contribution in [2.24, 2.45) is 0 Å². The van der Waals surface area contributed by atoms with Gasteiger partial charge >= 0.3 is 5.97 Å². The van der Waals surface area contributed by atoms with Gasteiger partial charge in [-0.3, -0.25) is 9.69 Å². The molecular formula is C20H24N2O4S. The predicted molar refractivity (Wildman–Crippen MR) is 105 cm³/mol. The quantitative estimate of drug-likeness (QED) is 0.704. The number of ether oxygens (including phenoxy) is 2. The van der Waals surface area contributed by atoms with Gasteiger partial charge in [0.25, 0.3) is 0 Å². The molecule has 0 spiro atoms. The summed E-state index contributed by atoms with van der Waals surface area (Å²) < 4.78 is 10.4. The molecule has 1 amide bonds. The number of thiophene rings is 1. The van der Waals surface area contributed by atoms with Crippen molar-refractivity contribution in [1.82, 2.24) is 4.90 Å². The van der Waals surface area contributed by atoms with Gasteiger partial charge < -0.3 is 14.8 Å². The second-order valence-electron chi connectivity index (χ2n) is 6.50. The van der Waals surface area contributed by atoms with Crippen LogP contribution in [0, 0.1) is 0 Å². The van der Waals surface area contributed by atoms with E-state index in [9.17, 15) is 9.59 Å². The van der Waals surface area contributed by atoms with Crippen LogP contribution in [-0.2, 0) is 20.8 Å². The third-order valence-electron chi connectivity index (χ3n) is 4.40. The number of rotatable bonds is 8. The van der Waals surface area contributed by atoms with Crippen LogP contribution >= 0.6 is 11.3 Å². The minimum atomic E-state index is -0.397. The molecule has 1 aliphatic rings. The van der Waals surface area contributed by atoms with Gasteiger partial charge in [0.05, 0.1) is 25.3 Å². The molecule has 6 nitrogen and oxygen atoms in total. The van der Waals surface area contributed by atoms with Crippen LogP contribution in [-0.4, -0.2) is 49.7 Å². The van der Waals surface area contributed by atoms with Crippen LogP contribution in [0.1, 0.15) is 28.1 Å². The number of carbonyl (C=O) groups is 2. The second-order valence-corrected chi connectivity index (χ2v) is 7.53. The molecule has 0 radical (unpaired) electrons. The van der Waals surface area contributed by atoms with Gasteiger partial charge in [-0.05, 0) is 48.6 Å². The number of nitrogens with zero attached hydrogens (tertiary/aromatic N) is 1. The molecule has 27 heavy (non-hydrogen) atoms. The predicted octanol–water partition coefficient (Wildman–Crippen LogP) is 3.15. The minimum Gasteiger partial charge on any atom is -0.465 e. The smallest absolute Gasteiger partial charge is 0.337 e. The lowest BCUT2D eigenvalue weighted by Gasteiger charge is -2.24. The molecule has 2 heterocycles. The van der Waals surface area contributed by atoms with Crippen molar-refractivity contribution < 1.29 is 19.1 Å². The molecule has 1 aromatic carbocycles. The highest BCUT2D eigenvalue weighted by Gasteiger charge is 2.21. The number of methoxy groups -OCH3 is 1. The lowest BCUT2D eigenvalue weighted by atomic mass is 10.2. The topological polar surface area (TPSA) is 67.9 Å². The molecule has 0 saturated carbocycles. The van der Waals surface area contributed by atoms with Gasteiger partial charge in [0.15, 0.2) is 0 Å². The summed E-state index contributed by atoms with van der Waals surface area (Å²) in [5.41, 5.74) is 1.11. The first kappa shape index (κ1) is 19.5. The maximum atomic E-state index is 12.5. The Hall–Kier alpha value is -2.22. The van der Waals surface area contributed by atoms with Crippen molar-refractivity contribution in [3.8, 4) is 0 Å². The summed E-state index contributed by atoms with van der Waals surface area (Å²) in [4.78, 5) is 27.3. The standard InChI is InChI=1S/C20H24N2O4S/c1-25-20(24)15-6-8-16(9-7-15)21-19(23)14-22(12-17-4-2-10-26-17)13-18-5-3-11-27-18/h3,5-9,11,17H,2,4,10,12-14H2,1H3,(H,21,23)/t17-/m0/s1. The summed E-state index contributed by atoms with van der Waals surface area (Å²) in [6.45, 7) is 2.56. The van der Waals surface area contributed by atoms with E-state index in [0.717, 1.165) is 32.5 Å². The number of amides is 1. The van der Waals surface area contributed by atoms with Gasteiger partial charge in [-0.1, -0.05) is 6.07 Å². The van der Waals surface area contributed by atoms with Gasteiger partial charge in [-0.2, -0.15) is 0 Å². The van der Waals surface area contributed by atoms with Gasteiger partial charge in [0.1, 0.15) is 0 Å². The van der Waals surface area contributed by atoms with E-state index in [1.54, 1.807) is 35.6 Å². The number of nitrogens with one attached hydrogen (secondary N) is 1. The first-order valence-corrected chi connectivity index (χ1v) is 9.86. The van der Waals surface area contributed by atoms with Crippen molar-refractivity contribution >= 4 is 28.9 Å². The normalized spacial score (nSPS) is 16.4. The number of anilines is 1. The maximum Gasteiger partial charge on any atom is 0.337 e. The average molecular weight is 388 g/mol. The van der Waals surface area contributed by atoms with Crippen molar-refractivity contribution in [2.75, 3.05) is 32.1 Å². The highest BCUT2D eigenvalue weighted by molar-refractivity contribution is 7.09. The zero-order chi connectivity index (χ0) is 19.1. The molecule has 3 rings (SSSR count). The molecule has 1 aliphatic heterocycles. The summed E-state index contributed by atoms with van der Waals surface area (Å²) in [5, 5.41) is 4.94. The fourth-order valence-corrected chi connectivity index (χ4v) is 3.84. The summed E-state index contributed by atoms with van der Waals surface area (Å²) in [7, 11) is 1.34. The van der Waals surface area contributed by atoms with Crippen LogP contribution in [0.4, 0.5) is 5.69 Å². The van der Waals surface area contributed by atoms with Crippen molar-refractivity contribution in [2.45, 2.75) is 25.5 Å². The Morgan fingerprint density at radius 1 is 1.30 bits per heavy atom. The molecule has 0 bridgehead atoms. The number of benzene rings is 1. The number of esters is 1. The van der Waals surface area contributed by atoms with E-state index in [1.165, 1.54) is 12.0 Å². The largest absolute Gasteiger partial charge is 0.465 e. The first-order chi connectivity index (χ1) is 13.1. The summed E-state index contributed by atoms with van der Waals surface area (Å²) >= 11 is 1.69. The van der Waals surface area contributed by atoms with Crippen LogP contribution in [0.25, 0.3) is 0 Å². The Balaban J connectivity index is 1.58. The van der Waals surface area contributed by atoms with Crippen molar-refractivity contribution in [1.29, 1.82) is 0 Å². The van der Waals surface area contributed by atoms with E-state index in [1.807, 2.05) is 11.4 Å². The third kappa shape index (κ3) is 5.89. The maximum absolute atomic E-state index is 12.5. The molecular weight excluding hydrogens is 364 g/mol. The zero-order valence-electron chi connectivity index (χ0n) is 15.3. The molecule has 1 fully saturated rings. The van der Waals surface area contributed by atoms with E-state index in [2.05, 4.69) is 21.0 Å². The lowest BCUT2D eigenvalue weighted by Crippen LogP contribution is -2.37. The van der Waals surface area contributed by atoms with Crippen LogP contribution in [0.5, 0.6) is 0 Å². The summed E-state index contributed by atoms with van der Waals surface area (Å²) in [5.74, 6) is -0.484. The fraction of sp³-hybridized carbons (Fsp3) is 0.400. The zero-order valence-corrected chi connectivity index (χ0v) is 16.2.